The molecule has 5 atom stereocenters. The molecule has 10 nitrogen and oxygen atoms in total. The van der Waals surface area contributed by atoms with E-state index >= 15 is 0 Å². The fourth-order valence-electron chi connectivity index (χ4n) is 3.04. The van der Waals surface area contributed by atoms with Crippen molar-refractivity contribution in [2.45, 2.75) is 96.9 Å². The Labute approximate surface area is 176 Å². The van der Waals surface area contributed by atoms with Gasteiger partial charge in [0, 0.05) is 26.2 Å². The van der Waals surface area contributed by atoms with Gasteiger partial charge in [-0.3, -0.25) is 19.2 Å². The zero-order chi connectivity index (χ0) is 22.7. The lowest BCUT2D eigenvalue weighted by molar-refractivity contribution is -0.271. The minimum Gasteiger partial charge on any atom is -0.456 e. The van der Waals surface area contributed by atoms with Crippen LogP contribution in [0.2, 0.25) is 0 Å². The molecule has 2 N–H and O–H groups in total. The lowest BCUT2D eigenvalue weighted by Gasteiger charge is -2.44. The van der Waals surface area contributed by atoms with Gasteiger partial charge in [0.15, 0.2) is 12.2 Å². The smallest absolute Gasteiger partial charge is 0.308 e. The molecule has 1 amide bonds. The summed E-state index contributed by atoms with van der Waals surface area (Å²) >= 11 is 0. The van der Waals surface area contributed by atoms with Gasteiger partial charge in [0.25, 0.3) is 0 Å². The highest BCUT2D eigenvalue weighted by Gasteiger charge is 2.52. The van der Waals surface area contributed by atoms with E-state index in [2.05, 4.69) is 5.32 Å². The van der Waals surface area contributed by atoms with Crippen molar-refractivity contribution in [3.8, 4) is 0 Å². The zero-order valence-corrected chi connectivity index (χ0v) is 18.0. The van der Waals surface area contributed by atoms with Crippen LogP contribution in [0.5, 0.6) is 0 Å². The van der Waals surface area contributed by atoms with Crippen LogP contribution in [0.25, 0.3) is 0 Å². The monoisotopic (exact) mass is 431 g/mol. The summed E-state index contributed by atoms with van der Waals surface area (Å²) in [6.45, 7) is 6.04. The maximum Gasteiger partial charge on any atom is 0.308 e. The number of hydrogen-bond acceptors (Lipinski definition) is 9. The van der Waals surface area contributed by atoms with Crippen molar-refractivity contribution in [2.75, 3.05) is 6.61 Å². The Hall–Kier alpha value is -2.20. The molecule has 0 bridgehead atoms. The Kier molecular flexibility index (Phi) is 11.3. The second-order valence-corrected chi connectivity index (χ2v) is 7.10. The van der Waals surface area contributed by atoms with Gasteiger partial charge < -0.3 is 29.4 Å². The summed E-state index contributed by atoms with van der Waals surface area (Å²) in [7, 11) is 0. The summed E-state index contributed by atoms with van der Waals surface area (Å²) in [5, 5.41) is 12.4. The van der Waals surface area contributed by atoms with Crippen LogP contribution >= 0.6 is 0 Å². The quantitative estimate of drug-likeness (QED) is 0.362. The van der Waals surface area contributed by atoms with Crippen LogP contribution in [0.1, 0.15) is 66.2 Å². The number of amides is 1. The van der Waals surface area contributed by atoms with Crippen LogP contribution < -0.4 is 5.32 Å². The number of ether oxygens (including phenoxy) is 4. The Morgan fingerprint density at radius 3 is 1.73 bits per heavy atom. The first-order chi connectivity index (χ1) is 14.3. The molecule has 172 valence electrons. The van der Waals surface area contributed by atoms with Crippen molar-refractivity contribution < 1.29 is 43.2 Å². The topological polar surface area (TPSA) is 137 Å². The molecule has 1 aliphatic heterocycles. The van der Waals surface area contributed by atoms with Crippen molar-refractivity contribution in [3.05, 3.63) is 0 Å². The maximum atomic E-state index is 12.2. The number of esters is 3. The molecule has 0 aromatic carbocycles. The Balaban J connectivity index is 3.26. The Bertz CT molecular complexity index is 595. The molecule has 0 aromatic heterocycles. The molecule has 0 aromatic rings. The molecule has 30 heavy (non-hydrogen) atoms. The van der Waals surface area contributed by atoms with Crippen molar-refractivity contribution in [1.82, 2.24) is 5.32 Å². The molecule has 1 rings (SSSR count). The van der Waals surface area contributed by atoms with Crippen LogP contribution in [0.4, 0.5) is 0 Å². The average Bonchev–Trinajstić information content (AvgIpc) is 2.66. The summed E-state index contributed by atoms with van der Waals surface area (Å²) in [6, 6.07) is -1.12. The zero-order valence-electron chi connectivity index (χ0n) is 18.0. The van der Waals surface area contributed by atoms with E-state index in [-0.39, 0.29) is 19.3 Å². The molecule has 0 saturated carbocycles. The number of aliphatic hydroxyl groups excluding tert-OH is 1. The largest absolute Gasteiger partial charge is 0.456 e. The molecule has 1 fully saturated rings. The first kappa shape index (κ1) is 25.8. The third kappa shape index (κ3) is 7.91. The van der Waals surface area contributed by atoms with Crippen LogP contribution in [-0.4, -0.2) is 66.2 Å². The second-order valence-electron chi connectivity index (χ2n) is 7.10. The van der Waals surface area contributed by atoms with E-state index in [1.165, 1.54) is 6.92 Å². The number of nitrogens with one attached hydrogen (secondary N) is 1. The summed E-state index contributed by atoms with van der Waals surface area (Å²) in [5.41, 5.74) is 0. The van der Waals surface area contributed by atoms with Crippen molar-refractivity contribution >= 4 is 23.8 Å². The summed E-state index contributed by atoms with van der Waals surface area (Å²) in [6.07, 6.45) is -2.92. The molecule has 0 aliphatic carbocycles. The van der Waals surface area contributed by atoms with Crippen LogP contribution in [0.3, 0.4) is 0 Å². The van der Waals surface area contributed by atoms with Gasteiger partial charge in [-0.1, -0.05) is 20.8 Å². The average molecular weight is 431 g/mol. The summed E-state index contributed by atoms with van der Waals surface area (Å²) in [4.78, 5) is 48.2. The van der Waals surface area contributed by atoms with Crippen molar-refractivity contribution in [2.24, 2.45) is 0 Å². The number of rotatable bonds is 11. The molecule has 3 unspecified atom stereocenters. The molecule has 1 heterocycles. The summed E-state index contributed by atoms with van der Waals surface area (Å²) < 4.78 is 22.0. The highest BCUT2D eigenvalue weighted by Crippen LogP contribution is 2.28. The normalized spacial score (nSPS) is 25.8. The van der Waals surface area contributed by atoms with Gasteiger partial charge in [-0.2, -0.15) is 0 Å². The lowest BCUT2D eigenvalue weighted by atomic mass is 9.96. The third-order valence-corrected chi connectivity index (χ3v) is 4.34. The van der Waals surface area contributed by atoms with Gasteiger partial charge >= 0.3 is 17.9 Å². The van der Waals surface area contributed by atoms with Gasteiger partial charge in [0.2, 0.25) is 12.2 Å². The van der Waals surface area contributed by atoms with E-state index in [0.29, 0.717) is 19.3 Å². The third-order valence-electron chi connectivity index (χ3n) is 4.34. The lowest BCUT2D eigenvalue weighted by Crippen LogP contribution is -2.66. The van der Waals surface area contributed by atoms with E-state index in [1.807, 2.05) is 0 Å². The first-order valence-corrected chi connectivity index (χ1v) is 10.4. The molecule has 0 radical (unpaired) electrons. The van der Waals surface area contributed by atoms with Crippen molar-refractivity contribution in [3.63, 3.8) is 0 Å². The van der Waals surface area contributed by atoms with Gasteiger partial charge in [0.05, 0.1) is 6.61 Å². The maximum absolute atomic E-state index is 12.2. The fraction of sp³-hybridized carbons (Fsp3) is 0.800. The fourth-order valence-corrected chi connectivity index (χ4v) is 3.04. The van der Waals surface area contributed by atoms with Gasteiger partial charge in [-0.05, 0) is 19.3 Å². The van der Waals surface area contributed by atoms with Crippen LogP contribution in [-0.2, 0) is 38.1 Å². The Morgan fingerprint density at radius 2 is 1.30 bits per heavy atom. The molecule has 1 aliphatic rings. The minimum absolute atomic E-state index is 0.101. The molecular weight excluding hydrogens is 398 g/mol. The number of hydrogen-bond donors (Lipinski definition) is 2. The second kappa shape index (κ2) is 13.2. The number of carbonyl (C=O) groups is 4. The van der Waals surface area contributed by atoms with Gasteiger partial charge in [-0.15, -0.1) is 0 Å². The molecule has 10 heteroatoms. The highest BCUT2D eigenvalue weighted by atomic mass is 16.7. The first-order valence-electron chi connectivity index (χ1n) is 10.4. The SMILES string of the molecule is CCCC(=O)OC1OC(CO)[C@H](OC(=O)CCC)[C@H](OC(=O)CCC)C1NC(C)=O. The molecule has 0 spiro atoms. The van der Waals surface area contributed by atoms with Crippen LogP contribution in [0, 0.1) is 0 Å². The minimum atomic E-state index is -1.33. The molecular formula is C20H33NO9. The van der Waals surface area contributed by atoms with E-state index in [1.54, 1.807) is 20.8 Å². The van der Waals surface area contributed by atoms with E-state index < -0.39 is 61.1 Å². The van der Waals surface area contributed by atoms with Gasteiger partial charge in [-0.25, -0.2) is 0 Å². The number of carbonyl (C=O) groups excluding carboxylic acids is 4. The van der Waals surface area contributed by atoms with E-state index in [4.69, 9.17) is 18.9 Å². The Morgan fingerprint density at radius 1 is 0.833 bits per heavy atom. The summed E-state index contributed by atoms with van der Waals surface area (Å²) in [5.74, 6) is -2.21. The highest BCUT2D eigenvalue weighted by molar-refractivity contribution is 5.74. The van der Waals surface area contributed by atoms with E-state index in [9.17, 15) is 24.3 Å². The predicted octanol–water partition coefficient (Wildman–Crippen LogP) is 0.975. The predicted molar refractivity (Wildman–Crippen MR) is 104 cm³/mol. The van der Waals surface area contributed by atoms with Gasteiger partial charge in [0.1, 0.15) is 12.1 Å². The number of aliphatic hydroxyl groups is 1. The van der Waals surface area contributed by atoms with Crippen molar-refractivity contribution in [1.29, 1.82) is 0 Å². The molecule has 1 saturated heterocycles. The van der Waals surface area contributed by atoms with Crippen LogP contribution in [0.15, 0.2) is 0 Å². The van der Waals surface area contributed by atoms with E-state index in [0.717, 1.165) is 0 Å². The standard InChI is InChI=1S/C20H33NO9/c1-5-8-14(24)28-18-13(11-22)27-20(30-16(26)10-7-3)17(21-12(4)23)19(18)29-15(25)9-6-2/h13,17-20,22H,5-11H2,1-4H3,(H,21,23)/t13?,17?,18-,19+,20?/m0/s1.